The van der Waals surface area contributed by atoms with Gasteiger partial charge >= 0.3 is 0 Å². The van der Waals surface area contributed by atoms with Gasteiger partial charge in [-0.05, 0) is 30.7 Å². The molecule has 80 valence electrons. The summed E-state index contributed by atoms with van der Waals surface area (Å²) in [6, 6.07) is 4.37. The third-order valence-corrected chi connectivity index (χ3v) is 3.38. The number of rotatable bonds is 1. The van der Waals surface area contributed by atoms with E-state index in [1.165, 1.54) is 12.1 Å². The molecule has 1 heterocycles. The van der Waals surface area contributed by atoms with E-state index in [4.69, 9.17) is 5.14 Å². The number of sulfonamides is 1. The molecule has 0 saturated heterocycles. The minimum Gasteiger partial charge on any atom is -0.325 e. The normalized spacial score (nSPS) is 19.9. The Balaban J connectivity index is 2.58. The Kier molecular flexibility index (Phi) is 2.06. The summed E-state index contributed by atoms with van der Waals surface area (Å²) in [7, 11) is -3.70. The number of primary sulfonamides is 1. The average Bonchev–Trinajstić information content (AvgIpc) is 2.41. The van der Waals surface area contributed by atoms with Gasteiger partial charge in [0.15, 0.2) is 0 Å². The lowest BCUT2D eigenvalue weighted by Gasteiger charge is -2.03. The van der Waals surface area contributed by atoms with E-state index >= 15 is 0 Å². The molecule has 1 aliphatic rings. The predicted molar refractivity (Wildman–Crippen MR) is 54.9 cm³/mol. The zero-order valence-corrected chi connectivity index (χ0v) is 8.84. The highest BCUT2D eigenvalue weighted by Crippen LogP contribution is 2.33. The molecule has 0 aliphatic carbocycles. The number of benzene rings is 1. The summed E-state index contributed by atoms with van der Waals surface area (Å²) in [5.41, 5.74) is 1.33. The Hall–Kier alpha value is -1.40. The highest BCUT2D eigenvalue weighted by molar-refractivity contribution is 7.89. The molecule has 1 aromatic rings. The number of carbonyl (C=O) groups is 1. The topological polar surface area (TPSA) is 89.3 Å². The SMILES string of the molecule is C[C@@H]1C(=O)Nc2ccc(S(N)(=O)=O)cc21. The third-order valence-electron chi connectivity index (χ3n) is 2.47. The summed E-state index contributed by atoms with van der Waals surface area (Å²) >= 11 is 0. The molecule has 0 aromatic heterocycles. The maximum absolute atomic E-state index is 11.3. The molecule has 1 amide bonds. The fourth-order valence-corrected chi connectivity index (χ4v) is 2.12. The molecule has 0 fully saturated rings. The number of hydrogen-bond donors (Lipinski definition) is 2. The third kappa shape index (κ3) is 1.62. The van der Waals surface area contributed by atoms with Crippen LogP contribution in [0.5, 0.6) is 0 Å². The highest BCUT2D eigenvalue weighted by atomic mass is 32.2. The molecule has 0 saturated carbocycles. The number of amides is 1. The molecular formula is C9H10N2O3S. The molecular weight excluding hydrogens is 216 g/mol. The number of anilines is 1. The van der Waals surface area contributed by atoms with Crippen LogP contribution in [0.3, 0.4) is 0 Å². The van der Waals surface area contributed by atoms with Gasteiger partial charge in [0.05, 0.1) is 10.8 Å². The van der Waals surface area contributed by atoms with Gasteiger partial charge in [0.1, 0.15) is 0 Å². The number of carbonyl (C=O) groups excluding carboxylic acids is 1. The van der Waals surface area contributed by atoms with E-state index in [0.29, 0.717) is 11.3 Å². The lowest BCUT2D eigenvalue weighted by atomic mass is 10.0. The van der Waals surface area contributed by atoms with Crippen molar-refractivity contribution in [2.45, 2.75) is 17.7 Å². The molecule has 5 nitrogen and oxygen atoms in total. The maximum Gasteiger partial charge on any atom is 0.238 e. The quantitative estimate of drug-likeness (QED) is 0.725. The molecule has 2 rings (SSSR count). The second-order valence-corrected chi connectivity index (χ2v) is 5.07. The van der Waals surface area contributed by atoms with Gasteiger partial charge in [0.25, 0.3) is 0 Å². The van der Waals surface area contributed by atoms with Crippen LogP contribution in [-0.4, -0.2) is 14.3 Å². The molecule has 6 heteroatoms. The van der Waals surface area contributed by atoms with Gasteiger partial charge in [-0.3, -0.25) is 4.79 Å². The highest BCUT2D eigenvalue weighted by Gasteiger charge is 2.27. The van der Waals surface area contributed by atoms with E-state index in [-0.39, 0.29) is 16.7 Å². The van der Waals surface area contributed by atoms with Crippen LogP contribution in [0.25, 0.3) is 0 Å². The lowest BCUT2D eigenvalue weighted by Crippen LogP contribution is -2.12. The summed E-state index contributed by atoms with van der Waals surface area (Å²) in [5, 5.41) is 7.65. The van der Waals surface area contributed by atoms with Crippen molar-refractivity contribution < 1.29 is 13.2 Å². The molecule has 0 radical (unpaired) electrons. The number of hydrogen-bond acceptors (Lipinski definition) is 3. The summed E-state index contributed by atoms with van der Waals surface area (Å²) in [4.78, 5) is 11.3. The van der Waals surface area contributed by atoms with E-state index in [0.717, 1.165) is 0 Å². The second-order valence-electron chi connectivity index (χ2n) is 3.51. The fraction of sp³-hybridized carbons (Fsp3) is 0.222. The van der Waals surface area contributed by atoms with Gasteiger partial charge in [-0.2, -0.15) is 0 Å². The van der Waals surface area contributed by atoms with Crippen molar-refractivity contribution >= 4 is 21.6 Å². The molecule has 0 bridgehead atoms. The molecule has 1 aromatic carbocycles. The van der Waals surface area contributed by atoms with Gasteiger partial charge in [-0.15, -0.1) is 0 Å². The van der Waals surface area contributed by atoms with Crippen LogP contribution in [0, 0.1) is 0 Å². The largest absolute Gasteiger partial charge is 0.325 e. The molecule has 1 aliphatic heterocycles. The Morgan fingerprint density at radius 3 is 2.67 bits per heavy atom. The molecule has 0 spiro atoms. The average molecular weight is 226 g/mol. The van der Waals surface area contributed by atoms with Crippen LogP contribution in [0.2, 0.25) is 0 Å². The van der Waals surface area contributed by atoms with Gasteiger partial charge in [-0.25, -0.2) is 13.6 Å². The van der Waals surface area contributed by atoms with Crippen LogP contribution < -0.4 is 10.5 Å². The molecule has 3 N–H and O–H groups in total. The lowest BCUT2D eigenvalue weighted by molar-refractivity contribution is -0.116. The first-order chi connectivity index (χ1) is 6.89. The molecule has 1 atom stereocenters. The Morgan fingerprint density at radius 1 is 1.40 bits per heavy atom. The van der Waals surface area contributed by atoms with Crippen molar-refractivity contribution in [2.24, 2.45) is 5.14 Å². The van der Waals surface area contributed by atoms with E-state index in [1.54, 1.807) is 13.0 Å². The number of nitrogens with one attached hydrogen (secondary N) is 1. The Morgan fingerprint density at radius 2 is 2.07 bits per heavy atom. The zero-order chi connectivity index (χ0) is 11.2. The van der Waals surface area contributed by atoms with E-state index in [1.807, 2.05) is 0 Å². The maximum atomic E-state index is 11.3. The monoisotopic (exact) mass is 226 g/mol. The number of nitrogens with two attached hydrogens (primary N) is 1. The van der Waals surface area contributed by atoms with E-state index in [2.05, 4.69) is 5.32 Å². The summed E-state index contributed by atoms with van der Waals surface area (Å²) < 4.78 is 22.2. The van der Waals surface area contributed by atoms with Crippen LogP contribution in [-0.2, 0) is 14.8 Å². The molecule has 0 unspecified atom stereocenters. The fourth-order valence-electron chi connectivity index (χ4n) is 1.57. The first kappa shape index (κ1) is 10.1. The van der Waals surface area contributed by atoms with Gasteiger partial charge in [0, 0.05) is 5.69 Å². The van der Waals surface area contributed by atoms with E-state index < -0.39 is 10.0 Å². The second kappa shape index (κ2) is 3.04. The van der Waals surface area contributed by atoms with Crippen molar-refractivity contribution in [3.63, 3.8) is 0 Å². The van der Waals surface area contributed by atoms with Crippen LogP contribution >= 0.6 is 0 Å². The van der Waals surface area contributed by atoms with Crippen molar-refractivity contribution in [2.75, 3.05) is 5.32 Å². The first-order valence-corrected chi connectivity index (χ1v) is 5.92. The van der Waals surface area contributed by atoms with Gasteiger partial charge in [-0.1, -0.05) is 0 Å². The summed E-state index contributed by atoms with van der Waals surface area (Å²) in [6.07, 6.45) is 0. The van der Waals surface area contributed by atoms with Gasteiger partial charge < -0.3 is 5.32 Å². The van der Waals surface area contributed by atoms with E-state index in [9.17, 15) is 13.2 Å². The standard InChI is InChI=1S/C9H10N2O3S/c1-5-7-4-6(15(10,13)14)2-3-8(7)11-9(5)12/h2-5H,1H3,(H,11,12)(H2,10,13,14)/t5-/m0/s1. The van der Waals surface area contributed by atoms with Crippen LogP contribution in [0.4, 0.5) is 5.69 Å². The van der Waals surface area contributed by atoms with Crippen LogP contribution in [0.1, 0.15) is 18.4 Å². The smallest absolute Gasteiger partial charge is 0.238 e. The minimum absolute atomic E-state index is 0.0320. The van der Waals surface area contributed by atoms with Crippen LogP contribution in [0.15, 0.2) is 23.1 Å². The van der Waals surface area contributed by atoms with Crippen molar-refractivity contribution in [1.82, 2.24) is 0 Å². The predicted octanol–water partition coefficient (Wildman–Crippen LogP) is 0.390. The first-order valence-electron chi connectivity index (χ1n) is 4.37. The van der Waals surface area contributed by atoms with Crippen molar-refractivity contribution in [3.8, 4) is 0 Å². The van der Waals surface area contributed by atoms with Crippen molar-refractivity contribution in [1.29, 1.82) is 0 Å². The van der Waals surface area contributed by atoms with Crippen molar-refractivity contribution in [3.05, 3.63) is 23.8 Å². The number of fused-ring (bicyclic) bond motifs is 1. The minimum atomic E-state index is -3.70. The zero-order valence-electron chi connectivity index (χ0n) is 8.02. The Labute approximate surface area is 87.3 Å². The Bertz CT molecular complexity index is 536. The summed E-state index contributed by atoms with van der Waals surface area (Å²) in [6.45, 7) is 1.72. The van der Waals surface area contributed by atoms with Gasteiger partial charge in [0.2, 0.25) is 15.9 Å². The molecule has 15 heavy (non-hydrogen) atoms. The summed E-state index contributed by atoms with van der Waals surface area (Å²) in [5.74, 6) is -0.460.